The summed E-state index contributed by atoms with van der Waals surface area (Å²) in [7, 11) is 0. The number of non-ortho nitro benzene ring substituents is 1. The first-order valence-electron chi connectivity index (χ1n) is 2.91. The molecule has 0 saturated carbocycles. The maximum Gasteiger partial charge on any atom is 1.00 e. The van der Waals surface area contributed by atoms with E-state index in [9.17, 15) is 10.1 Å². The van der Waals surface area contributed by atoms with Crippen molar-refractivity contribution < 1.29 is 27.3 Å². The quantitative estimate of drug-likeness (QED) is 0.255. The minimum Gasteiger partial charge on any atom is -0.366 e. The first-order valence-corrected chi connectivity index (χ1v) is 2.91. The molecule has 0 spiro atoms. The van der Waals surface area contributed by atoms with Gasteiger partial charge in [-0.2, -0.15) is 0 Å². The Morgan fingerprint density at radius 1 is 1.33 bits per heavy atom. The van der Waals surface area contributed by atoms with Crippen molar-refractivity contribution in [3.05, 3.63) is 46.4 Å². The van der Waals surface area contributed by atoms with Crippen LogP contribution in [0.1, 0.15) is 5.56 Å². The molecular formula is C8H4AuNO2. The monoisotopic (exact) mass is 343 g/mol. The number of hydrogen-bond acceptors (Lipinski definition) is 2. The van der Waals surface area contributed by atoms with Gasteiger partial charge in [0.15, 0.2) is 0 Å². The van der Waals surface area contributed by atoms with Gasteiger partial charge in [0, 0.05) is 0 Å². The Morgan fingerprint density at radius 2 is 1.83 bits per heavy atom. The predicted molar refractivity (Wildman–Crippen MR) is 39.3 cm³/mol. The Labute approximate surface area is 85.4 Å². The molecule has 0 aliphatic heterocycles. The molecule has 3 nitrogen and oxygen atoms in total. The first-order chi connectivity index (χ1) is 5.24. The van der Waals surface area contributed by atoms with Gasteiger partial charge in [0.25, 0.3) is 5.69 Å². The minimum atomic E-state index is -0.478. The number of rotatable bonds is 1. The van der Waals surface area contributed by atoms with E-state index in [2.05, 4.69) is 5.92 Å². The number of nitro benzene ring substituents is 1. The Balaban J connectivity index is 0.00000121. The summed E-state index contributed by atoms with van der Waals surface area (Å²) in [6, 6.07) is 5.64. The zero-order valence-corrected chi connectivity index (χ0v) is 8.04. The third-order valence-corrected chi connectivity index (χ3v) is 1.22. The molecule has 0 aromatic heterocycles. The van der Waals surface area contributed by atoms with Crippen LogP contribution in [0.15, 0.2) is 24.3 Å². The molecule has 4 heteroatoms. The van der Waals surface area contributed by atoms with E-state index in [-0.39, 0.29) is 28.1 Å². The first kappa shape index (κ1) is 10.9. The average Bonchev–Trinajstić information content (AvgIpc) is 2.05. The van der Waals surface area contributed by atoms with Crippen LogP contribution in [-0.4, -0.2) is 4.92 Å². The van der Waals surface area contributed by atoms with E-state index < -0.39 is 4.92 Å². The Bertz CT molecular complexity index is 313. The SMILES string of the molecule is [Au+].[C-]#Cc1ccc([N+](=O)[O-])cc1. The van der Waals surface area contributed by atoms with Crippen LogP contribution in [0.4, 0.5) is 5.69 Å². The van der Waals surface area contributed by atoms with Crippen molar-refractivity contribution in [1.29, 1.82) is 0 Å². The van der Waals surface area contributed by atoms with Gasteiger partial charge in [0.2, 0.25) is 0 Å². The number of nitro groups is 1. The minimum absolute atomic E-state index is 0. The second-order valence-corrected chi connectivity index (χ2v) is 1.93. The van der Waals surface area contributed by atoms with Crippen LogP contribution in [0.2, 0.25) is 0 Å². The molecule has 0 heterocycles. The van der Waals surface area contributed by atoms with Gasteiger partial charge in [-0.05, 0) is 12.1 Å². The van der Waals surface area contributed by atoms with Crippen LogP contribution >= 0.6 is 0 Å². The Morgan fingerprint density at radius 3 is 2.17 bits per heavy atom. The van der Waals surface area contributed by atoms with Crippen LogP contribution in [0.3, 0.4) is 0 Å². The molecule has 0 aliphatic carbocycles. The summed E-state index contributed by atoms with van der Waals surface area (Å²) in [5, 5.41) is 10.1. The second-order valence-electron chi connectivity index (χ2n) is 1.93. The van der Waals surface area contributed by atoms with E-state index in [1.807, 2.05) is 0 Å². The number of nitrogens with zero attached hydrogens (tertiary/aromatic N) is 1. The van der Waals surface area contributed by atoms with Gasteiger partial charge < -0.3 is 6.42 Å². The van der Waals surface area contributed by atoms with Crippen molar-refractivity contribution >= 4 is 5.69 Å². The Kier molecular flexibility index (Phi) is 4.30. The molecule has 0 bridgehead atoms. The second kappa shape index (κ2) is 4.73. The molecule has 0 fully saturated rings. The number of benzene rings is 1. The van der Waals surface area contributed by atoms with Crippen LogP contribution in [0.25, 0.3) is 0 Å². The molecule has 1 rings (SSSR count). The van der Waals surface area contributed by atoms with Crippen molar-refractivity contribution in [2.45, 2.75) is 0 Å². The zero-order chi connectivity index (χ0) is 8.27. The van der Waals surface area contributed by atoms with Gasteiger partial charge in [0.1, 0.15) is 0 Å². The standard InChI is InChI=1S/C8H4NO2.Au/c1-2-7-3-5-8(6-4-7)9(10)11;/h3-6H;/q-1;+1. The van der Waals surface area contributed by atoms with Crippen LogP contribution < -0.4 is 0 Å². The Hall–Kier alpha value is -1.08. The summed E-state index contributed by atoms with van der Waals surface area (Å²) < 4.78 is 0. The van der Waals surface area contributed by atoms with Crippen molar-refractivity contribution in [1.82, 2.24) is 0 Å². The molecule has 0 unspecified atom stereocenters. The van der Waals surface area contributed by atoms with Gasteiger partial charge in [-0.3, -0.25) is 16.0 Å². The van der Waals surface area contributed by atoms with Gasteiger partial charge in [-0.15, -0.1) is 17.7 Å². The van der Waals surface area contributed by atoms with E-state index in [4.69, 9.17) is 6.42 Å². The summed E-state index contributed by atoms with van der Waals surface area (Å²) in [5.41, 5.74) is 0.569. The average molecular weight is 343 g/mol. The molecule has 64 valence electrons. The van der Waals surface area contributed by atoms with E-state index in [1.54, 1.807) is 0 Å². The fraction of sp³-hybridized carbons (Fsp3) is 0. The zero-order valence-electron chi connectivity index (χ0n) is 5.87. The fourth-order valence-corrected chi connectivity index (χ4v) is 0.666. The third-order valence-electron chi connectivity index (χ3n) is 1.22. The number of hydrogen-bond donors (Lipinski definition) is 0. The van der Waals surface area contributed by atoms with Crippen LogP contribution in [-0.2, 0) is 22.4 Å². The van der Waals surface area contributed by atoms with E-state index >= 15 is 0 Å². The molecule has 1 aromatic carbocycles. The maximum absolute atomic E-state index is 10.1. The van der Waals surface area contributed by atoms with E-state index in [0.29, 0.717) is 5.56 Å². The molecular weight excluding hydrogens is 339 g/mol. The molecule has 12 heavy (non-hydrogen) atoms. The molecule has 0 atom stereocenters. The van der Waals surface area contributed by atoms with Crippen molar-refractivity contribution in [2.24, 2.45) is 0 Å². The topological polar surface area (TPSA) is 43.1 Å². The molecule has 0 amide bonds. The fourth-order valence-electron chi connectivity index (χ4n) is 0.666. The van der Waals surface area contributed by atoms with Gasteiger partial charge in [-0.25, -0.2) is 0 Å². The van der Waals surface area contributed by atoms with Crippen molar-refractivity contribution in [2.75, 3.05) is 0 Å². The summed E-state index contributed by atoms with van der Waals surface area (Å²) >= 11 is 0. The molecule has 0 aliphatic rings. The summed E-state index contributed by atoms with van der Waals surface area (Å²) in [5.74, 6) is 2.12. The van der Waals surface area contributed by atoms with Gasteiger partial charge in [0.05, 0.1) is 4.92 Å². The van der Waals surface area contributed by atoms with E-state index in [1.165, 1.54) is 24.3 Å². The smallest absolute Gasteiger partial charge is 0.366 e. The summed E-state index contributed by atoms with van der Waals surface area (Å²) in [6.07, 6.45) is 6.70. The normalized spacial score (nSPS) is 7.92. The molecule has 0 N–H and O–H groups in total. The predicted octanol–water partition coefficient (Wildman–Crippen LogP) is 1.53. The summed E-state index contributed by atoms with van der Waals surface area (Å²) in [4.78, 5) is 9.66. The van der Waals surface area contributed by atoms with E-state index in [0.717, 1.165) is 0 Å². The van der Waals surface area contributed by atoms with Crippen molar-refractivity contribution in [3.63, 3.8) is 0 Å². The van der Waals surface area contributed by atoms with Crippen LogP contribution in [0.5, 0.6) is 0 Å². The van der Waals surface area contributed by atoms with Crippen molar-refractivity contribution in [3.8, 4) is 5.92 Å². The largest absolute Gasteiger partial charge is 1.00 e. The van der Waals surface area contributed by atoms with Crippen LogP contribution in [0, 0.1) is 22.5 Å². The molecule has 0 radical (unpaired) electrons. The maximum atomic E-state index is 10.1. The molecule has 1 aromatic rings. The molecule has 0 saturated heterocycles. The summed E-state index contributed by atoms with van der Waals surface area (Å²) in [6.45, 7) is 0. The van der Waals surface area contributed by atoms with Gasteiger partial charge >= 0.3 is 22.4 Å². The van der Waals surface area contributed by atoms with Gasteiger partial charge in [-0.1, -0.05) is 0 Å². The third kappa shape index (κ3) is 2.51.